The van der Waals surface area contributed by atoms with E-state index >= 15 is 0 Å². The van der Waals surface area contributed by atoms with E-state index in [1.165, 1.54) is 17.0 Å². The third kappa shape index (κ3) is 4.93. The number of nitrogens with zero attached hydrogens (tertiary/aromatic N) is 4. The largest absolute Gasteiger partial charge is 0.416 e. The molecule has 0 radical (unpaired) electrons. The van der Waals surface area contributed by atoms with E-state index in [0.717, 1.165) is 20.7 Å². The number of hydrogen-bond acceptors (Lipinski definition) is 5. The summed E-state index contributed by atoms with van der Waals surface area (Å²) in [4.78, 5) is 29.4. The van der Waals surface area contributed by atoms with Gasteiger partial charge in [-0.3, -0.25) is 9.36 Å². The third-order valence-corrected chi connectivity index (χ3v) is 7.83. The van der Waals surface area contributed by atoms with Crippen molar-refractivity contribution in [2.75, 3.05) is 36.8 Å². The van der Waals surface area contributed by atoms with Gasteiger partial charge in [0.1, 0.15) is 6.54 Å². The second-order valence-corrected chi connectivity index (χ2v) is 10.3. The fraction of sp³-hybridized carbons (Fsp3) is 0.391. The number of aromatic nitrogens is 2. The van der Waals surface area contributed by atoms with Crippen molar-refractivity contribution in [2.45, 2.75) is 26.1 Å². The number of carbonyl (C=O) groups excluding carboxylic acids is 1. The van der Waals surface area contributed by atoms with E-state index in [-0.39, 0.29) is 36.8 Å². The molecule has 8 nitrogen and oxygen atoms in total. The number of amides is 1. The van der Waals surface area contributed by atoms with Crippen molar-refractivity contribution in [3.05, 3.63) is 64.6 Å². The summed E-state index contributed by atoms with van der Waals surface area (Å²) in [5.74, 6) is -0.571. The van der Waals surface area contributed by atoms with E-state index in [9.17, 15) is 31.2 Å². The van der Waals surface area contributed by atoms with Gasteiger partial charge < -0.3 is 9.80 Å². The van der Waals surface area contributed by atoms with Crippen LogP contribution in [0.1, 0.15) is 18.9 Å². The fourth-order valence-corrected chi connectivity index (χ4v) is 5.77. The second-order valence-electron chi connectivity index (χ2n) is 8.35. The van der Waals surface area contributed by atoms with Crippen LogP contribution in [0.5, 0.6) is 0 Å². The highest BCUT2D eigenvalue weighted by Gasteiger charge is 2.31. The maximum absolute atomic E-state index is 13.1. The lowest BCUT2D eigenvalue weighted by atomic mass is 10.1. The van der Waals surface area contributed by atoms with Crippen LogP contribution in [0.15, 0.2) is 53.3 Å². The highest BCUT2D eigenvalue weighted by atomic mass is 32.2. The van der Waals surface area contributed by atoms with E-state index in [1.807, 2.05) is 0 Å². The van der Waals surface area contributed by atoms with E-state index < -0.39 is 27.5 Å². The third-order valence-electron chi connectivity index (χ3n) is 6.00. The molecule has 4 rings (SSSR count). The summed E-state index contributed by atoms with van der Waals surface area (Å²) in [5, 5.41) is 0. The highest BCUT2D eigenvalue weighted by Crippen LogP contribution is 2.32. The lowest BCUT2D eigenvalue weighted by Gasteiger charge is -2.36. The van der Waals surface area contributed by atoms with Crippen LogP contribution in [0.2, 0.25) is 0 Å². The Bertz CT molecular complexity index is 1400. The molecular formula is C23H25F3N4O4S. The molecule has 0 bridgehead atoms. The maximum Gasteiger partial charge on any atom is 0.416 e. The SMILES string of the molecule is CCCS(=O)(=O)n1c(=O)n(CC(=O)N2CCN(c3cccc(C(F)(F)F)c3)CC2)c2ccccc21. The Balaban J connectivity index is 1.52. The number of alkyl halides is 3. The van der Waals surface area contributed by atoms with Crippen molar-refractivity contribution in [3.63, 3.8) is 0 Å². The Morgan fingerprint density at radius 1 is 0.971 bits per heavy atom. The Labute approximate surface area is 200 Å². The zero-order valence-corrected chi connectivity index (χ0v) is 19.8. The monoisotopic (exact) mass is 510 g/mol. The summed E-state index contributed by atoms with van der Waals surface area (Å²) in [6.45, 7) is 2.54. The van der Waals surface area contributed by atoms with Crippen LogP contribution in [0.3, 0.4) is 0 Å². The molecule has 2 heterocycles. The van der Waals surface area contributed by atoms with E-state index in [1.54, 1.807) is 36.1 Å². The molecule has 188 valence electrons. The molecule has 1 fully saturated rings. The standard InChI is InChI=1S/C23H25F3N4O4S/c1-2-14-35(33,34)30-20-9-4-3-8-19(20)29(22(30)32)16-21(31)28-12-10-27(11-13-28)18-7-5-6-17(15-18)23(24,25)26/h3-9,15H,2,10-14,16H2,1H3. The summed E-state index contributed by atoms with van der Waals surface area (Å²) in [6.07, 6.45) is -4.10. The first-order valence-corrected chi connectivity index (χ1v) is 12.8. The average Bonchev–Trinajstić information content (AvgIpc) is 3.10. The molecule has 0 spiro atoms. The summed E-state index contributed by atoms with van der Waals surface area (Å²) >= 11 is 0. The van der Waals surface area contributed by atoms with Crippen LogP contribution in [0.25, 0.3) is 11.0 Å². The molecular weight excluding hydrogens is 485 g/mol. The van der Waals surface area contributed by atoms with Crippen LogP contribution >= 0.6 is 0 Å². The van der Waals surface area contributed by atoms with Crippen LogP contribution in [0.4, 0.5) is 18.9 Å². The quantitative estimate of drug-likeness (QED) is 0.509. The molecule has 0 unspecified atom stereocenters. The van der Waals surface area contributed by atoms with E-state index in [4.69, 9.17) is 0 Å². The van der Waals surface area contributed by atoms with E-state index in [2.05, 4.69) is 0 Å². The molecule has 1 aliphatic heterocycles. The molecule has 0 atom stereocenters. The summed E-state index contributed by atoms with van der Waals surface area (Å²) in [5.41, 5.74) is -0.550. The van der Waals surface area contributed by atoms with Crippen LogP contribution in [0, 0.1) is 0 Å². The highest BCUT2D eigenvalue weighted by molar-refractivity contribution is 7.90. The van der Waals surface area contributed by atoms with Crippen molar-refractivity contribution in [2.24, 2.45) is 0 Å². The molecule has 1 amide bonds. The summed E-state index contributed by atoms with van der Waals surface area (Å²) in [7, 11) is -3.89. The Morgan fingerprint density at radius 2 is 1.63 bits per heavy atom. The minimum absolute atomic E-state index is 0.202. The topological polar surface area (TPSA) is 84.6 Å². The number of imidazole rings is 1. The van der Waals surface area contributed by atoms with Crippen molar-refractivity contribution >= 4 is 32.7 Å². The van der Waals surface area contributed by atoms with Crippen LogP contribution < -0.4 is 10.6 Å². The molecule has 0 saturated carbocycles. The predicted octanol–water partition coefficient (Wildman–Crippen LogP) is 2.76. The minimum Gasteiger partial charge on any atom is -0.368 e. The predicted molar refractivity (Wildman–Crippen MR) is 126 cm³/mol. The Kier molecular flexibility index (Phi) is 6.67. The molecule has 12 heteroatoms. The smallest absolute Gasteiger partial charge is 0.368 e. The van der Waals surface area contributed by atoms with Gasteiger partial charge in [-0.25, -0.2) is 13.2 Å². The van der Waals surface area contributed by atoms with Gasteiger partial charge in [-0.05, 0) is 36.8 Å². The number of piperazine rings is 1. The van der Waals surface area contributed by atoms with Gasteiger partial charge >= 0.3 is 11.9 Å². The van der Waals surface area contributed by atoms with Gasteiger partial charge in [-0.2, -0.15) is 17.1 Å². The number of halogens is 3. The van der Waals surface area contributed by atoms with Gasteiger partial charge in [0.15, 0.2) is 0 Å². The number of rotatable bonds is 6. The zero-order chi connectivity index (χ0) is 25.4. The number of para-hydroxylation sites is 2. The minimum atomic E-state index is -4.44. The van der Waals surface area contributed by atoms with Gasteiger partial charge in [0.2, 0.25) is 15.9 Å². The molecule has 3 aromatic rings. The van der Waals surface area contributed by atoms with E-state index in [0.29, 0.717) is 30.7 Å². The maximum atomic E-state index is 13.1. The molecule has 1 aliphatic rings. The van der Waals surface area contributed by atoms with Crippen molar-refractivity contribution in [1.29, 1.82) is 0 Å². The molecule has 0 aliphatic carbocycles. The molecule has 0 N–H and O–H groups in total. The normalized spacial score (nSPS) is 15.1. The number of carbonyl (C=O) groups is 1. The molecule has 2 aromatic carbocycles. The lowest BCUT2D eigenvalue weighted by Crippen LogP contribution is -2.50. The zero-order valence-electron chi connectivity index (χ0n) is 19.0. The number of hydrogen-bond donors (Lipinski definition) is 0. The van der Waals surface area contributed by atoms with Crippen molar-refractivity contribution < 1.29 is 26.4 Å². The first-order valence-electron chi connectivity index (χ1n) is 11.2. The van der Waals surface area contributed by atoms with Gasteiger partial charge in [0, 0.05) is 31.9 Å². The number of fused-ring (bicyclic) bond motifs is 1. The Hall–Kier alpha value is -3.28. The first-order chi connectivity index (χ1) is 16.5. The second kappa shape index (κ2) is 9.40. The molecule has 1 aromatic heterocycles. The lowest BCUT2D eigenvalue weighted by molar-refractivity contribution is -0.137. The van der Waals surface area contributed by atoms with Crippen molar-refractivity contribution in [1.82, 2.24) is 13.4 Å². The number of benzene rings is 2. The molecule has 1 saturated heterocycles. The summed E-state index contributed by atoms with van der Waals surface area (Å²) in [6, 6.07) is 11.4. The first kappa shape index (κ1) is 24.8. The average molecular weight is 511 g/mol. The number of anilines is 1. The van der Waals surface area contributed by atoms with Gasteiger partial charge in [0.25, 0.3) is 0 Å². The fourth-order valence-electron chi connectivity index (χ4n) is 4.28. The van der Waals surface area contributed by atoms with Crippen LogP contribution in [-0.4, -0.2) is 59.7 Å². The van der Waals surface area contributed by atoms with Crippen LogP contribution in [-0.2, 0) is 27.5 Å². The molecule has 35 heavy (non-hydrogen) atoms. The van der Waals surface area contributed by atoms with Gasteiger partial charge in [-0.15, -0.1) is 0 Å². The summed E-state index contributed by atoms with van der Waals surface area (Å²) < 4.78 is 66.4. The van der Waals surface area contributed by atoms with Crippen molar-refractivity contribution in [3.8, 4) is 0 Å². The van der Waals surface area contributed by atoms with Gasteiger partial charge in [0.05, 0.1) is 22.3 Å². The Morgan fingerprint density at radius 3 is 2.26 bits per heavy atom. The van der Waals surface area contributed by atoms with Gasteiger partial charge in [-0.1, -0.05) is 25.1 Å².